The van der Waals surface area contributed by atoms with Crippen LogP contribution in [0, 0.1) is 0 Å². The van der Waals surface area contributed by atoms with E-state index in [0.717, 1.165) is 108 Å². The van der Waals surface area contributed by atoms with Gasteiger partial charge in [0, 0.05) is 87.6 Å². The summed E-state index contributed by atoms with van der Waals surface area (Å²) in [6, 6.07) is 25.3. The topological polar surface area (TPSA) is 58.2 Å². The largest absolute Gasteiger partial charge is 0.347 e. The molecule has 0 aliphatic rings. The first-order valence-electron chi connectivity index (χ1n) is 19.5. The molecule has 3 aromatic carbocycles. The number of unbranched alkanes of at least 4 members (excludes halogenated alkanes) is 9. The van der Waals surface area contributed by atoms with Crippen molar-refractivity contribution < 1.29 is 12.6 Å². The van der Waals surface area contributed by atoms with E-state index in [9.17, 15) is 8.42 Å². The summed E-state index contributed by atoms with van der Waals surface area (Å²) in [5.74, 6) is 0. The molecule has 0 radical (unpaired) electrons. The molecular weight excluding hydrogens is 651 g/mol. The lowest BCUT2D eigenvalue weighted by Gasteiger charge is -2.33. The second-order valence-corrected chi connectivity index (χ2v) is 16.0. The minimum absolute atomic E-state index is 0.855. The van der Waals surface area contributed by atoms with Gasteiger partial charge >= 0.3 is 0 Å². The van der Waals surface area contributed by atoms with Gasteiger partial charge in [-0.25, -0.2) is 4.18 Å². The maximum atomic E-state index is 13.9. The third-order valence-corrected chi connectivity index (χ3v) is 11.1. The quantitative estimate of drug-likeness (QED) is 0.0586. The van der Waals surface area contributed by atoms with Gasteiger partial charge in [-0.05, 0) is 37.5 Å². The smallest absolute Gasteiger partial charge is 0.265 e. The highest BCUT2D eigenvalue weighted by Crippen LogP contribution is 2.50. The fourth-order valence-corrected chi connectivity index (χ4v) is 8.78. The molecule has 0 aliphatic heterocycles. The molecule has 0 spiro atoms. The van der Waals surface area contributed by atoms with Gasteiger partial charge in [0.15, 0.2) is 5.60 Å². The molecule has 0 fully saturated rings. The van der Waals surface area contributed by atoms with Crippen molar-refractivity contribution in [1.29, 1.82) is 0 Å². The lowest BCUT2D eigenvalue weighted by molar-refractivity contribution is 0.170. The zero-order valence-electron chi connectivity index (χ0n) is 31.2. The van der Waals surface area contributed by atoms with E-state index in [1.807, 2.05) is 0 Å². The molecule has 272 valence electrons. The number of nitrogens with zero attached hydrogens (tertiary/aromatic N) is 3. The number of hydrogen-bond donors (Lipinski definition) is 0. The molecule has 0 amide bonds. The van der Waals surface area contributed by atoms with E-state index in [4.69, 9.17) is 4.18 Å². The van der Waals surface area contributed by atoms with Gasteiger partial charge in [0.25, 0.3) is 10.1 Å². The van der Waals surface area contributed by atoms with E-state index in [-0.39, 0.29) is 0 Å². The Morgan fingerprint density at radius 2 is 0.804 bits per heavy atom. The van der Waals surface area contributed by atoms with Crippen LogP contribution in [0.15, 0.2) is 91.4 Å². The molecular formula is C44H57N3O3S. The molecule has 3 heterocycles. The van der Waals surface area contributed by atoms with Crippen LogP contribution in [0.1, 0.15) is 115 Å². The van der Waals surface area contributed by atoms with E-state index in [1.54, 1.807) is 0 Å². The van der Waals surface area contributed by atoms with Crippen molar-refractivity contribution in [2.45, 2.75) is 123 Å². The summed E-state index contributed by atoms with van der Waals surface area (Å²) in [4.78, 5) is 0. The minimum atomic E-state index is -4.01. The monoisotopic (exact) mass is 707 g/mol. The number of fused-ring (bicyclic) bond motifs is 3. The Kier molecular flexibility index (Phi) is 12.1. The Labute approximate surface area is 305 Å². The molecule has 3 aromatic heterocycles. The van der Waals surface area contributed by atoms with E-state index < -0.39 is 15.7 Å². The van der Waals surface area contributed by atoms with Gasteiger partial charge < -0.3 is 13.7 Å². The van der Waals surface area contributed by atoms with Crippen LogP contribution in [-0.4, -0.2) is 28.4 Å². The average molecular weight is 708 g/mol. The number of aromatic nitrogens is 3. The average Bonchev–Trinajstić information content (AvgIpc) is 3.82. The van der Waals surface area contributed by atoms with Crippen LogP contribution < -0.4 is 0 Å². The molecule has 0 unspecified atom stereocenters. The summed E-state index contributed by atoms with van der Waals surface area (Å²) < 4.78 is 41.6. The second kappa shape index (κ2) is 16.7. The molecule has 6 aromatic rings. The van der Waals surface area contributed by atoms with E-state index in [0.29, 0.717) is 0 Å². The van der Waals surface area contributed by atoms with Gasteiger partial charge in [0.2, 0.25) is 0 Å². The maximum absolute atomic E-state index is 13.9. The molecule has 0 bridgehead atoms. The first-order valence-corrected chi connectivity index (χ1v) is 21.3. The number of para-hydroxylation sites is 3. The van der Waals surface area contributed by atoms with Gasteiger partial charge in [-0.15, -0.1) is 0 Å². The molecule has 6 rings (SSSR count). The van der Waals surface area contributed by atoms with Gasteiger partial charge in [-0.3, -0.25) is 0 Å². The highest BCUT2D eigenvalue weighted by atomic mass is 32.2. The zero-order chi connectivity index (χ0) is 35.8. The zero-order valence-corrected chi connectivity index (χ0v) is 32.1. The molecule has 0 atom stereocenters. The summed E-state index contributed by atoms with van der Waals surface area (Å²) in [5.41, 5.74) is 4.42. The summed E-state index contributed by atoms with van der Waals surface area (Å²) in [7, 11) is -4.01. The third kappa shape index (κ3) is 7.85. The van der Waals surface area contributed by atoms with Crippen LogP contribution >= 0.6 is 0 Å². The Morgan fingerprint density at radius 1 is 0.490 bits per heavy atom. The van der Waals surface area contributed by atoms with E-state index in [2.05, 4.69) is 126 Å². The normalized spacial score (nSPS) is 12.5. The van der Waals surface area contributed by atoms with Crippen molar-refractivity contribution in [2.75, 3.05) is 6.26 Å². The van der Waals surface area contributed by atoms with Crippen LogP contribution in [0.4, 0.5) is 0 Å². The maximum Gasteiger partial charge on any atom is 0.265 e. The Hall–Kier alpha value is -3.81. The Bertz CT molecular complexity index is 1940. The highest BCUT2D eigenvalue weighted by Gasteiger charge is 2.47. The van der Waals surface area contributed by atoms with Crippen LogP contribution in [0.2, 0.25) is 0 Å². The van der Waals surface area contributed by atoms with Crippen molar-refractivity contribution in [1.82, 2.24) is 13.7 Å². The van der Waals surface area contributed by atoms with Gasteiger partial charge in [0.05, 0.1) is 6.26 Å². The van der Waals surface area contributed by atoms with E-state index >= 15 is 0 Å². The molecule has 0 saturated heterocycles. The number of benzene rings is 3. The molecule has 6 nitrogen and oxygen atoms in total. The fourth-order valence-electron chi connectivity index (χ4n) is 8.06. The summed E-state index contributed by atoms with van der Waals surface area (Å²) in [5, 5.41) is 3.03. The van der Waals surface area contributed by atoms with Crippen LogP contribution in [0.3, 0.4) is 0 Å². The fraction of sp³-hybridized carbons (Fsp3) is 0.455. The van der Waals surface area contributed by atoms with Crippen molar-refractivity contribution >= 4 is 42.8 Å². The van der Waals surface area contributed by atoms with Crippen molar-refractivity contribution in [3.05, 3.63) is 108 Å². The Balaban J connectivity index is 1.69. The first kappa shape index (κ1) is 37.0. The highest BCUT2D eigenvalue weighted by molar-refractivity contribution is 7.86. The third-order valence-electron chi connectivity index (χ3n) is 10.5. The van der Waals surface area contributed by atoms with Crippen molar-refractivity contribution in [3.8, 4) is 0 Å². The van der Waals surface area contributed by atoms with Crippen LogP contribution in [0.25, 0.3) is 32.7 Å². The summed E-state index contributed by atoms with van der Waals surface area (Å²) >= 11 is 0. The minimum Gasteiger partial charge on any atom is -0.347 e. The lowest BCUT2D eigenvalue weighted by atomic mass is 9.80. The number of rotatable bonds is 20. The predicted molar refractivity (Wildman–Crippen MR) is 214 cm³/mol. The van der Waals surface area contributed by atoms with Gasteiger partial charge in [-0.2, -0.15) is 8.42 Å². The van der Waals surface area contributed by atoms with Crippen LogP contribution in [0.5, 0.6) is 0 Å². The Morgan fingerprint density at radius 3 is 1.10 bits per heavy atom. The standard InChI is InChI=1S/C44H57N3O3S/c1-5-8-11-20-29-45-32-38(35-23-14-17-26-41(35)45)44(50-51(4,48)49,39-33-46(30-21-12-9-6-2)42-27-18-15-24-36(39)42)40-34-47(31-22-13-10-7-3)43-28-19-16-25-37(40)43/h14-19,23-28,32-34H,5-13,20-22,29-31H2,1-4H3. The predicted octanol–water partition coefficient (Wildman–Crippen LogP) is 11.6. The number of aryl methyl sites for hydroxylation is 3. The van der Waals surface area contributed by atoms with Crippen molar-refractivity contribution in [3.63, 3.8) is 0 Å². The molecule has 51 heavy (non-hydrogen) atoms. The molecule has 7 heteroatoms. The molecule has 0 saturated carbocycles. The summed E-state index contributed by atoms with van der Waals surface area (Å²) in [6.45, 7) is 9.28. The summed E-state index contributed by atoms with van der Waals surface area (Å²) in [6.07, 6.45) is 21.5. The first-order chi connectivity index (χ1) is 24.8. The van der Waals surface area contributed by atoms with E-state index in [1.165, 1.54) is 44.8 Å². The molecule has 0 N–H and O–H groups in total. The number of hydrogen-bond acceptors (Lipinski definition) is 3. The van der Waals surface area contributed by atoms with Crippen LogP contribution in [-0.2, 0) is 39.5 Å². The van der Waals surface area contributed by atoms with Crippen molar-refractivity contribution in [2.24, 2.45) is 0 Å². The van der Waals surface area contributed by atoms with Gasteiger partial charge in [0.1, 0.15) is 0 Å². The molecule has 0 aliphatic carbocycles. The SMILES string of the molecule is CCCCCCn1cc(C(OS(C)(=O)=O)(c2cn(CCCCCC)c3ccccc23)c2cn(CCCCCC)c3ccccc23)c2ccccc21. The second-order valence-electron chi connectivity index (χ2n) is 14.4. The van der Waals surface area contributed by atoms with Gasteiger partial charge in [-0.1, -0.05) is 133 Å². The lowest BCUT2D eigenvalue weighted by Crippen LogP contribution is -2.35.